The van der Waals surface area contributed by atoms with Crippen molar-refractivity contribution in [3.8, 4) is 0 Å². The number of fused-ring (bicyclic) bond motifs is 3. The predicted molar refractivity (Wildman–Crippen MR) is 415 cm³/mol. The van der Waals surface area contributed by atoms with Crippen molar-refractivity contribution in [1.29, 1.82) is 0 Å². The normalized spacial score (nSPS) is 25.0. The molecule has 16 nitrogen and oxygen atoms in total. The molecule has 10 aliphatic rings. The molecule has 7 fully saturated rings. The van der Waals surface area contributed by atoms with E-state index in [9.17, 15) is 19.2 Å². The van der Waals surface area contributed by atoms with E-state index in [1.54, 1.807) is 40.8 Å². The topological polar surface area (TPSA) is 203 Å². The number of carbonyl (C=O) groups excluding carboxylic acids is 2. The number of nitrogens with zero attached hydrogens (tertiary/aromatic N) is 5. The number of carbonyl (C=O) groups is 4. The molecular formula is C84H150N6O10. The Morgan fingerprint density at radius 3 is 0.940 bits per heavy atom. The summed E-state index contributed by atoms with van der Waals surface area (Å²) in [6.45, 7) is 50.1. The van der Waals surface area contributed by atoms with Crippen LogP contribution in [-0.2, 0) is 77.4 Å². The van der Waals surface area contributed by atoms with Crippen LogP contribution in [0, 0.1) is 82.9 Å². The Morgan fingerprint density at radius 2 is 0.700 bits per heavy atom. The minimum absolute atomic E-state index is 0.298. The fourth-order valence-electron chi connectivity index (χ4n) is 11.3. The Morgan fingerprint density at radius 1 is 0.420 bits per heavy atom. The van der Waals surface area contributed by atoms with Crippen molar-refractivity contribution < 1.29 is 48.3 Å². The quantitative estimate of drug-likeness (QED) is 0.0712. The number of carboxylic acids is 2. The third kappa shape index (κ3) is 45.1. The number of ether oxygens (including phenoxy) is 4. The predicted octanol–water partition coefficient (Wildman–Crippen LogP) is 19.7. The zero-order valence-corrected chi connectivity index (χ0v) is 68.0. The van der Waals surface area contributed by atoms with Gasteiger partial charge in [-0.1, -0.05) is 162 Å². The molecule has 0 bridgehead atoms. The number of hydrogen-bond donors (Lipinski definition) is 3. The van der Waals surface area contributed by atoms with Crippen LogP contribution in [0.3, 0.4) is 0 Å². The monoisotopic (exact) mass is 1400 g/mol. The number of amides is 2. The highest BCUT2D eigenvalue weighted by molar-refractivity contribution is 5.78. The molecule has 13 rings (SSSR count). The van der Waals surface area contributed by atoms with Crippen molar-refractivity contribution in [2.24, 2.45) is 82.9 Å². The second-order valence-electron chi connectivity index (χ2n) is 27.0. The van der Waals surface area contributed by atoms with Gasteiger partial charge in [-0.2, -0.15) is 0 Å². The molecule has 3 aromatic heterocycles. The van der Waals surface area contributed by atoms with Gasteiger partial charge in [0, 0.05) is 125 Å². The first kappa shape index (κ1) is 96.9. The summed E-state index contributed by atoms with van der Waals surface area (Å²) >= 11 is 0. The molecule has 6 heterocycles. The molecule has 3 aromatic rings. The molecular weight excluding hydrogens is 1250 g/mol. The average Bonchev–Trinajstić information content (AvgIpc) is 1.67. The van der Waals surface area contributed by atoms with E-state index in [1.165, 1.54) is 73.8 Å². The molecule has 0 radical (unpaired) electrons. The van der Waals surface area contributed by atoms with Crippen LogP contribution < -0.4 is 5.32 Å². The zero-order valence-electron chi connectivity index (χ0n) is 68.0. The van der Waals surface area contributed by atoms with E-state index in [1.807, 2.05) is 130 Å². The number of methoxy groups -OCH3 is 4. The Hall–Kier alpha value is -5.13. The van der Waals surface area contributed by atoms with Gasteiger partial charge >= 0.3 is 11.9 Å². The van der Waals surface area contributed by atoms with Gasteiger partial charge in [-0.05, 0) is 195 Å². The van der Waals surface area contributed by atoms with E-state index in [4.69, 9.17) is 29.2 Å². The van der Waals surface area contributed by atoms with Crippen molar-refractivity contribution in [2.45, 2.75) is 274 Å². The SMILES string of the molecule is C/C=C/CCOC.CC.CC.CC.CC.CC.CC.COCC[C@@H]1C[C@H]1C.COCC[C@@H]1C[C@H]1C.COCC[C@@H]1C[C@H]1C.C[C@@H]1C[C@H]1CC(=O)N1Cc2cccnc2C1.C[C@@H]1C[C@H]1CC(=O)N1Cc2cccnc2C1.C[C@@H]1C[C@H]1CC(=O)O.C[C@@H]1C[C@H]1CC(=O)O.c1cnc2c(c1)CNC2. The molecule has 100 heavy (non-hydrogen) atoms. The van der Waals surface area contributed by atoms with Crippen LogP contribution in [0.25, 0.3) is 0 Å². The average molecular weight is 1400 g/mol. The molecule has 576 valence electrons. The van der Waals surface area contributed by atoms with Crippen LogP contribution >= 0.6 is 0 Å². The molecule has 7 saturated carbocycles. The highest BCUT2D eigenvalue weighted by Gasteiger charge is 2.39. The number of aliphatic carboxylic acids is 2. The summed E-state index contributed by atoms with van der Waals surface area (Å²) in [7, 11) is 7.02. The van der Waals surface area contributed by atoms with Crippen molar-refractivity contribution in [1.82, 2.24) is 30.1 Å². The smallest absolute Gasteiger partial charge is 0.303 e. The molecule has 3 N–H and O–H groups in total. The van der Waals surface area contributed by atoms with E-state index in [0.717, 1.165) is 143 Å². The Labute approximate surface area is 611 Å². The lowest BCUT2D eigenvalue weighted by molar-refractivity contribution is -0.138. The van der Waals surface area contributed by atoms with Crippen LogP contribution in [0.1, 0.15) is 269 Å². The number of rotatable bonds is 20. The lowest BCUT2D eigenvalue weighted by Gasteiger charge is -2.14. The summed E-state index contributed by atoms with van der Waals surface area (Å²) in [5, 5.41) is 19.7. The van der Waals surface area contributed by atoms with Crippen molar-refractivity contribution in [3.63, 3.8) is 0 Å². The van der Waals surface area contributed by atoms with Crippen molar-refractivity contribution in [2.75, 3.05) is 54.9 Å². The van der Waals surface area contributed by atoms with Gasteiger partial charge < -0.3 is 44.3 Å². The largest absolute Gasteiger partial charge is 0.481 e. The van der Waals surface area contributed by atoms with E-state index in [-0.39, 0.29) is 0 Å². The minimum Gasteiger partial charge on any atom is -0.481 e. The standard InChI is InChI=1S/2C13H16N2O.C7H8N2.3C7H14O.2C6H10O2.C6H12O.6C2H6/c2*1-9-5-11(9)6-13(16)15-7-10-3-2-4-14-12(10)8-15;1-2-6-4-8-5-7(6)9-3-1;3*1-6-5-7(6)3-4-8-2;2*1-4-2-5(4)3-6(7)8;1-3-4-5-6-7-2;6*1-2/h2*2-4,9,11H,5-8H2,1H3;1-3,8H,4-5H2;3*6-7H,3-5H2,1-2H3;2*4-5H,2-3H2,1H3,(H,7,8);3-4H,5-6H2,1-2H3;6*1-2H3/b;;;;;;;;4-3+;;;;;;/t2*9-,11+;;3*6-,7-;2*4-,5+;;;;;;;/m11.11111......./s1. The van der Waals surface area contributed by atoms with Gasteiger partial charge in [0.25, 0.3) is 0 Å². The Kier molecular flexibility index (Phi) is 57.5. The number of pyridine rings is 3. The van der Waals surface area contributed by atoms with Gasteiger partial charge in [-0.25, -0.2) is 0 Å². The summed E-state index contributed by atoms with van der Waals surface area (Å²) < 4.78 is 19.6. The minimum atomic E-state index is -0.653. The maximum Gasteiger partial charge on any atom is 0.303 e. The number of carboxylic acid groups (broad SMARTS) is 2. The molecule has 0 saturated heterocycles. The fourth-order valence-corrected chi connectivity index (χ4v) is 11.3. The lowest BCUT2D eigenvalue weighted by Crippen LogP contribution is -2.25. The van der Waals surface area contributed by atoms with Gasteiger partial charge in [0.2, 0.25) is 11.8 Å². The van der Waals surface area contributed by atoms with Gasteiger partial charge in [-0.15, -0.1) is 0 Å². The maximum absolute atomic E-state index is 12.0. The highest BCUT2D eigenvalue weighted by Crippen LogP contribution is 2.44. The Bertz CT molecular complexity index is 2340. The second kappa shape index (κ2) is 59.3. The molecule has 16 heteroatoms. The number of allylic oxidation sites excluding steroid dienone is 1. The first-order chi connectivity index (χ1) is 48.3. The van der Waals surface area contributed by atoms with Gasteiger partial charge in [-0.3, -0.25) is 34.1 Å². The van der Waals surface area contributed by atoms with Crippen LogP contribution in [-0.4, -0.2) is 114 Å². The second-order valence-corrected chi connectivity index (χ2v) is 27.0. The summed E-state index contributed by atoms with van der Waals surface area (Å²) in [4.78, 5) is 60.7. The van der Waals surface area contributed by atoms with Crippen molar-refractivity contribution in [3.05, 3.63) is 101 Å². The molecule has 3 aliphatic heterocycles. The van der Waals surface area contributed by atoms with Crippen LogP contribution in [0.2, 0.25) is 0 Å². The third-order valence-electron chi connectivity index (χ3n) is 19.2. The molecule has 14 atom stereocenters. The van der Waals surface area contributed by atoms with Gasteiger partial charge in [0.15, 0.2) is 0 Å². The van der Waals surface area contributed by atoms with E-state index < -0.39 is 11.9 Å². The van der Waals surface area contributed by atoms with Crippen LogP contribution in [0.5, 0.6) is 0 Å². The molecule has 2 amide bonds. The summed E-state index contributed by atoms with van der Waals surface area (Å²) in [6, 6.07) is 12.1. The molecule has 0 aromatic carbocycles. The molecule has 0 spiro atoms. The number of nitrogens with one attached hydrogen (secondary N) is 1. The first-order valence-electron chi connectivity index (χ1n) is 39.3. The zero-order chi connectivity index (χ0) is 76.1. The fraction of sp³-hybridized carbons (Fsp3) is 0.750. The Balaban J connectivity index is 0. The third-order valence-corrected chi connectivity index (χ3v) is 19.2. The van der Waals surface area contributed by atoms with Gasteiger partial charge in [0.05, 0.1) is 30.2 Å². The number of aromatic nitrogens is 3. The van der Waals surface area contributed by atoms with Crippen LogP contribution in [0.15, 0.2) is 67.1 Å². The molecule has 0 unspecified atom stereocenters. The summed E-state index contributed by atoms with van der Waals surface area (Å²) in [5.74, 6) is 10.4. The van der Waals surface area contributed by atoms with Crippen molar-refractivity contribution >= 4 is 23.8 Å². The summed E-state index contributed by atoms with van der Waals surface area (Å²) in [5.41, 5.74) is 7.11. The van der Waals surface area contributed by atoms with E-state index in [0.29, 0.717) is 73.3 Å². The van der Waals surface area contributed by atoms with E-state index >= 15 is 0 Å². The first-order valence-corrected chi connectivity index (χ1v) is 39.3. The molecule has 7 aliphatic carbocycles. The number of hydrogen-bond acceptors (Lipinski definition) is 12. The van der Waals surface area contributed by atoms with E-state index in [2.05, 4.69) is 93.0 Å². The highest BCUT2D eigenvalue weighted by atomic mass is 16.5. The van der Waals surface area contributed by atoms with Gasteiger partial charge in [0.1, 0.15) is 0 Å². The van der Waals surface area contributed by atoms with Crippen LogP contribution in [0.4, 0.5) is 0 Å². The lowest BCUT2D eigenvalue weighted by atomic mass is 10.2. The summed E-state index contributed by atoms with van der Waals surface area (Å²) in [6.07, 6.45) is 25.6. The maximum atomic E-state index is 12.0.